The predicted octanol–water partition coefficient (Wildman–Crippen LogP) is 13.2. The van der Waals surface area contributed by atoms with Gasteiger partial charge in [-0.2, -0.15) is 0 Å². The quantitative estimate of drug-likeness (QED) is 0.173. The molecule has 0 saturated carbocycles. The number of rotatable bonds is 4. The first-order valence-corrected chi connectivity index (χ1v) is 18.4. The number of benzene rings is 8. The Morgan fingerprint density at radius 3 is 1.85 bits per heavy atom. The minimum atomic E-state index is 0.723. The number of hydrogen-bond donors (Lipinski definition) is 0. The first-order chi connectivity index (χ1) is 25.8. The van der Waals surface area contributed by atoms with Crippen molar-refractivity contribution in [2.75, 3.05) is 0 Å². The minimum absolute atomic E-state index is 0.723. The molecule has 3 heterocycles. The van der Waals surface area contributed by atoms with E-state index in [-0.39, 0.29) is 0 Å². The maximum absolute atomic E-state index is 5.24. The number of para-hydroxylation sites is 1. The molecule has 0 aliphatic heterocycles. The lowest BCUT2D eigenvalue weighted by Gasteiger charge is -2.14. The molecule has 0 aliphatic carbocycles. The summed E-state index contributed by atoms with van der Waals surface area (Å²) in [5, 5.41) is 10.0. The highest BCUT2D eigenvalue weighted by atomic mass is 32.1. The highest BCUT2D eigenvalue weighted by Gasteiger charge is 2.21. The monoisotopic (exact) mass is 679 g/mol. The Bertz CT molecular complexity index is 3120. The maximum atomic E-state index is 5.24. The van der Waals surface area contributed by atoms with Crippen molar-refractivity contribution in [3.8, 4) is 39.6 Å². The average Bonchev–Trinajstić information content (AvgIpc) is 3.77. The number of thiophene rings is 1. The second kappa shape index (κ2) is 11.5. The van der Waals surface area contributed by atoms with Gasteiger partial charge in [0, 0.05) is 48.3 Å². The molecule has 8 aromatic carbocycles. The summed E-state index contributed by atoms with van der Waals surface area (Å²) in [6.45, 7) is 0. The highest BCUT2D eigenvalue weighted by Crippen LogP contribution is 2.46. The van der Waals surface area contributed by atoms with Crippen LogP contribution in [0, 0.1) is 0 Å². The normalized spacial score (nSPS) is 11.8. The molecular weight excluding hydrogens is 651 g/mol. The van der Waals surface area contributed by atoms with Crippen LogP contribution >= 0.6 is 11.3 Å². The molecule has 0 N–H and O–H groups in total. The molecular formula is C48H29N3S. The van der Waals surface area contributed by atoms with E-state index in [1.165, 1.54) is 69.2 Å². The van der Waals surface area contributed by atoms with E-state index in [2.05, 4.69) is 156 Å². The van der Waals surface area contributed by atoms with Crippen molar-refractivity contribution >= 4 is 74.9 Å². The van der Waals surface area contributed by atoms with Crippen molar-refractivity contribution in [3.05, 3.63) is 176 Å². The summed E-state index contributed by atoms with van der Waals surface area (Å²) in [6, 6.07) is 62.9. The standard InChI is InChI=1S/C48H29N3S/c1-3-14-30(15-4-1)41-29-42(50-48(49-41)31-16-5-2-6-17-31)40-24-13-23-38-39-27-26-37-36-22-11-12-25-43(36)51(45(37)47(39)52-46(38)40)44-28-32-18-7-8-19-33(32)34-20-9-10-21-35(34)44/h1-29H. The molecule has 0 fully saturated rings. The van der Waals surface area contributed by atoms with Gasteiger partial charge in [-0.1, -0.05) is 158 Å². The lowest BCUT2D eigenvalue weighted by molar-refractivity contribution is 1.19. The molecule has 4 heteroatoms. The Kier molecular flexibility index (Phi) is 6.42. The van der Waals surface area contributed by atoms with E-state index in [0.29, 0.717) is 0 Å². The molecule has 242 valence electrons. The van der Waals surface area contributed by atoms with Gasteiger partial charge in [-0.25, -0.2) is 9.97 Å². The number of hydrogen-bond acceptors (Lipinski definition) is 3. The molecule has 0 bridgehead atoms. The Hall–Kier alpha value is -6.62. The fraction of sp³-hybridized carbons (Fsp3) is 0. The molecule has 11 aromatic rings. The van der Waals surface area contributed by atoms with Crippen molar-refractivity contribution in [2.24, 2.45) is 0 Å². The van der Waals surface area contributed by atoms with E-state index in [4.69, 9.17) is 9.97 Å². The van der Waals surface area contributed by atoms with Crippen LogP contribution in [-0.4, -0.2) is 14.5 Å². The predicted molar refractivity (Wildman–Crippen MR) is 221 cm³/mol. The SMILES string of the molecule is c1ccc(-c2cc(-c3cccc4c3sc3c4ccc4c5ccccc5n(-c5cc6ccccc6c6ccccc56)c43)nc(-c3ccccc3)n2)cc1. The van der Waals surface area contributed by atoms with E-state index in [9.17, 15) is 0 Å². The first-order valence-electron chi connectivity index (χ1n) is 17.6. The number of nitrogens with zero attached hydrogens (tertiary/aromatic N) is 3. The van der Waals surface area contributed by atoms with Crippen LogP contribution in [0.15, 0.2) is 176 Å². The third-order valence-corrected chi connectivity index (χ3v) is 11.7. The number of fused-ring (bicyclic) bond motifs is 10. The minimum Gasteiger partial charge on any atom is -0.307 e. The molecule has 11 rings (SSSR count). The third kappa shape index (κ3) is 4.38. The van der Waals surface area contributed by atoms with Gasteiger partial charge in [-0.3, -0.25) is 0 Å². The van der Waals surface area contributed by atoms with Gasteiger partial charge in [0.15, 0.2) is 5.82 Å². The third-order valence-electron chi connectivity index (χ3n) is 10.4. The van der Waals surface area contributed by atoms with Gasteiger partial charge in [-0.15, -0.1) is 11.3 Å². The Labute approximate surface area is 303 Å². The van der Waals surface area contributed by atoms with E-state index in [0.717, 1.165) is 33.9 Å². The van der Waals surface area contributed by atoms with Gasteiger partial charge in [0.05, 0.1) is 32.8 Å². The summed E-state index contributed by atoms with van der Waals surface area (Å²) >= 11 is 1.87. The summed E-state index contributed by atoms with van der Waals surface area (Å²) in [7, 11) is 0. The van der Waals surface area contributed by atoms with Gasteiger partial charge in [0.1, 0.15) is 0 Å². The Morgan fingerprint density at radius 1 is 0.404 bits per heavy atom. The van der Waals surface area contributed by atoms with Gasteiger partial charge in [0.25, 0.3) is 0 Å². The molecule has 0 unspecified atom stereocenters. The lowest BCUT2D eigenvalue weighted by atomic mass is 10.00. The van der Waals surface area contributed by atoms with E-state index >= 15 is 0 Å². The second-order valence-corrected chi connectivity index (χ2v) is 14.4. The fourth-order valence-electron chi connectivity index (χ4n) is 8.03. The zero-order valence-electron chi connectivity index (χ0n) is 28.0. The topological polar surface area (TPSA) is 30.7 Å². The van der Waals surface area contributed by atoms with Crippen molar-refractivity contribution in [2.45, 2.75) is 0 Å². The van der Waals surface area contributed by atoms with Crippen molar-refractivity contribution in [3.63, 3.8) is 0 Å². The summed E-state index contributed by atoms with van der Waals surface area (Å²) in [5.74, 6) is 0.723. The van der Waals surface area contributed by atoms with Crippen LogP contribution in [0.2, 0.25) is 0 Å². The van der Waals surface area contributed by atoms with Gasteiger partial charge >= 0.3 is 0 Å². The molecule has 52 heavy (non-hydrogen) atoms. The molecule has 0 radical (unpaired) electrons. The second-order valence-electron chi connectivity index (χ2n) is 13.3. The van der Waals surface area contributed by atoms with E-state index < -0.39 is 0 Å². The molecule has 0 spiro atoms. The molecule has 0 atom stereocenters. The Morgan fingerprint density at radius 2 is 1.02 bits per heavy atom. The maximum Gasteiger partial charge on any atom is 0.160 e. The van der Waals surface area contributed by atoms with Crippen LogP contribution in [-0.2, 0) is 0 Å². The lowest BCUT2D eigenvalue weighted by Crippen LogP contribution is -1.96. The van der Waals surface area contributed by atoms with Crippen molar-refractivity contribution < 1.29 is 0 Å². The van der Waals surface area contributed by atoms with Crippen LogP contribution in [0.5, 0.6) is 0 Å². The van der Waals surface area contributed by atoms with Crippen LogP contribution in [0.4, 0.5) is 0 Å². The summed E-state index contributed by atoms with van der Waals surface area (Å²) in [6.07, 6.45) is 0. The molecule has 0 aliphatic rings. The number of aromatic nitrogens is 3. The largest absolute Gasteiger partial charge is 0.307 e. The van der Waals surface area contributed by atoms with Gasteiger partial charge in [0.2, 0.25) is 0 Å². The van der Waals surface area contributed by atoms with Crippen LogP contribution in [0.25, 0.3) is 103 Å². The summed E-state index contributed by atoms with van der Waals surface area (Å²) in [5.41, 5.74) is 8.65. The van der Waals surface area contributed by atoms with Gasteiger partial charge in [-0.05, 0) is 34.4 Å². The molecule has 3 aromatic heterocycles. The average molecular weight is 680 g/mol. The first kappa shape index (κ1) is 29.1. The van der Waals surface area contributed by atoms with Crippen LogP contribution in [0.1, 0.15) is 0 Å². The van der Waals surface area contributed by atoms with Crippen molar-refractivity contribution in [1.29, 1.82) is 0 Å². The van der Waals surface area contributed by atoms with Crippen molar-refractivity contribution in [1.82, 2.24) is 14.5 Å². The molecule has 3 nitrogen and oxygen atoms in total. The zero-order valence-corrected chi connectivity index (χ0v) is 28.8. The molecule has 0 amide bonds. The zero-order chi connectivity index (χ0) is 34.2. The summed E-state index contributed by atoms with van der Waals surface area (Å²) < 4.78 is 5.01. The van der Waals surface area contributed by atoms with Gasteiger partial charge < -0.3 is 4.57 Å². The molecule has 0 saturated heterocycles. The van der Waals surface area contributed by atoms with Crippen LogP contribution < -0.4 is 0 Å². The van der Waals surface area contributed by atoms with E-state index in [1.54, 1.807) is 0 Å². The highest BCUT2D eigenvalue weighted by molar-refractivity contribution is 7.27. The van der Waals surface area contributed by atoms with E-state index in [1.807, 2.05) is 35.6 Å². The Balaban J connectivity index is 1.23. The smallest absolute Gasteiger partial charge is 0.160 e. The fourth-order valence-corrected chi connectivity index (χ4v) is 9.39. The van der Waals surface area contributed by atoms with Crippen LogP contribution in [0.3, 0.4) is 0 Å². The summed E-state index contributed by atoms with van der Waals surface area (Å²) in [4.78, 5) is 10.3.